The van der Waals surface area contributed by atoms with E-state index in [1.807, 2.05) is 6.07 Å². The van der Waals surface area contributed by atoms with Crippen LogP contribution in [0.25, 0.3) is 11.1 Å². The summed E-state index contributed by atoms with van der Waals surface area (Å²) in [5.41, 5.74) is 1.44. The van der Waals surface area contributed by atoms with Crippen molar-refractivity contribution in [1.29, 1.82) is 5.26 Å². The van der Waals surface area contributed by atoms with Gasteiger partial charge in [0.15, 0.2) is 0 Å². The van der Waals surface area contributed by atoms with Crippen molar-refractivity contribution < 1.29 is 9.13 Å². The van der Waals surface area contributed by atoms with Crippen LogP contribution in [0, 0.1) is 17.1 Å². The van der Waals surface area contributed by atoms with E-state index in [0.29, 0.717) is 27.5 Å². The topological polar surface area (TPSA) is 33.0 Å². The molecule has 0 aliphatic carbocycles. The Labute approximate surface area is 109 Å². The SMILES string of the molecule is COc1cc(C#N)ccc1-c1ccc(Cl)cc1F. The van der Waals surface area contributed by atoms with Gasteiger partial charge in [-0.05, 0) is 36.4 Å². The smallest absolute Gasteiger partial charge is 0.132 e. The van der Waals surface area contributed by atoms with Crippen molar-refractivity contribution in [2.75, 3.05) is 7.11 Å². The summed E-state index contributed by atoms with van der Waals surface area (Å²) >= 11 is 5.71. The summed E-state index contributed by atoms with van der Waals surface area (Å²) in [6.07, 6.45) is 0. The van der Waals surface area contributed by atoms with Gasteiger partial charge in [-0.25, -0.2) is 4.39 Å². The standard InChI is InChI=1S/C14H9ClFNO/c1-18-14-6-9(8-17)2-4-12(14)11-5-3-10(15)7-13(11)16/h2-7H,1H3. The van der Waals surface area contributed by atoms with Gasteiger partial charge in [-0.15, -0.1) is 0 Å². The van der Waals surface area contributed by atoms with Crippen molar-refractivity contribution in [1.82, 2.24) is 0 Å². The number of nitriles is 1. The maximum Gasteiger partial charge on any atom is 0.132 e. The molecular formula is C14H9ClFNO. The van der Waals surface area contributed by atoms with Crippen molar-refractivity contribution >= 4 is 11.6 Å². The summed E-state index contributed by atoms with van der Waals surface area (Å²) in [6, 6.07) is 11.3. The lowest BCUT2D eigenvalue weighted by molar-refractivity contribution is 0.416. The second kappa shape index (κ2) is 5.07. The predicted octanol–water partition coefficient (Wildman–Crippen LogP) is 4.03. The van der Waals surface area contributed by atoms with E-state index in [1.165, 1.54) is 13.2 Å². The Balaban J connectivity index is 2.60. The van der Waals surface area contributed by atoms with E-state index < -0.39 is 5.82 Å². The molecule has 0 aromatic heterocycles. The zero-order valence-electron chi connectivity index (χ0n) is 9.58. The highest BCUT2D eigenvalue weighted by Crippen LogP contribution is 2.33. The molecule has 0 bridgehead atoms. The molecule has 0 heterocycles. The Hall–Kier alpha value is -2.05. The van der Waals surface area contributed by atoms with Gasteiger partial charge in [0, 0.05) is 16.1 Å². The first-order valence-electron chi connectivity index (χ1n) is 5.19. The number of rotatable bonds is 2. The number of halogens is 2. The predicted molar refractivity (Wildman–Crippen MR) is 68.1 cm³/mol. The molecule has 0 saturated heterocycles. The molecule has 18 heavy (non-hydrogen) atoms. The first-order valence-corrected chi connectivity index (χ1v) is 5.57. The van der Waals surface area contributed by atoms with Gasteiger partial charge in [0.25, 0.3) is 0 Å². The van der Waals surface area contributed by atoms with Crippen LogP contribution < -0.4 is 4.74 Å². The zero-order chi connectivity index (χ0) is 13.1. The molecular weight excluding hydrogens is 253 g/mol. The van der Waals surface area contributed by atoms with Gasteiger partial charge in [0.1, 0.15) is 11.6 Å². The maximum absolute atomic E-state index is 13.8. The Morgan fingerprint density at radius 2 is 1.89 bits per heavy atom. The molecule has 2 aromatic carbocycles. The number of ether oxygens (including phenoxy) is 1. The van der Waals surface area contributed by atoms with Crippen molar-refractivity contribution in [2.24, 2.45) is 0 Å². The molecule has 2 aromatic rings. The van der Waals surface area contributed by atoms with E-state index >= 15 is 0 Å². The number of nitrogens with zero attached hydrogens (tertiary/aromatic N) is 1. The monoisotopic (exact) mass is 261 g/mol. The summed E-state index contributed by atoms with van der Waals surface area (Å²) in [6.45, 7) is 0. The number of hydrogen-bond donors (Lipinski definition) is 0. The number of benzene rings is 2. The molecule has 2 nitrogen and oxygen atoms in total. The van der Waals surface area contributed by atoms with Gasteiger partial charge >= 0.3 is 0 Å². The number of hydrogen-bond acceptors (Lipinski definition) is 2. The van der Waals surface area contributed by atoms with Gasteiger partial charge in [-0.3, -0.25) is 0 Å². The first kappa shape index (κ1) is 12.4. The molecule has 0 radical (unpaired) electrons. The van der Waals surface area contributed by atoms with E-state index in [9.17, 15) is 4.39 Å². The lowest BCUT2D eigenvalue weighted by Gasteiger charge is -2.10. The third-order valence-electron chi connectivity index (χ3n) is 2.55. The maximum atomic E-state index is 13.8. The van der Waals surface area contributed by atoms with E-state index in [1.54, 1.807) is 30.3 Å². The van der Waals surface area contributed by atoms with E-state index in [-0.39, 0.29) is 0 Å². The molecule has 0 N–H and O–H groups in total. The highest BCUT2D eigenvalue weighted by atomic mass is 35.5. The zero-order valence-corrected chi connectivity index (χ0v) is 10.3. The average Bonchev–Trinajstić information content (AvgIpc) is 2.38. The molecule has 0 saturated carbocycles. The minimum absolute atomic E-state index is 0.337. The summed E-state index contributed by atoms with van der Waals surface area (Å²) in [4.78, 5) is 0. The van der Waals surface area contributed by atoms with Crippen molar-refractivity contribution in [3.63, 3.8) is 0 Å². The highest BCUT2D eigenvalue weighted by Gasteiger charge is 2.11. The minimum atomic E-state index is -0.425. The molecule has 0 fully saturated rings. The van der Waals surface area contributed by atoms with Crippen LogP contribution in [-0.4, -0.2) is 7.11 Å². The molecule has 0 aliphatic heterocycles. The van der Waals surface area contributed by atoms with Crippen LogP contribution in [-0.2, 0) is 0 Å². The summed E-state index contributed by atoms with van der Waals surface area (Å²) in [5.74, 6) is 0.0285. The Kier molecular flexibility index (Phi) is 3.50. The third kappa shape index (κ3) is 2.29. The van der Waals surface area contributed by atoms with Crippen LogP contribution in [0.4, 0.5) is 4.39 Å². The second-order valence-corrected chi connectivity index (χ2v) is 4.09. The average molecular weight is 262 g/mol. The molecule has 0 spiro atoms. The van der Waals surface area contributed by atoms with Crippen LogP contribution in [0.5, 0.6) is 5.75 Å². The Morgan fingerprint density at radius 3 is 2.50 bits per heavy atom. The van der Waals surface area contributed by atoms with Crippen molar-refractivity contribution in [2.45, 2.75) is 0 Å². The summed E-state index contributed by atoms with van der Waals surface area (Å²) in [5, 5.41) is 9.15. The van der Waals surface area contributed by atoms with Gasteiger partial charge < -0.3 is 4.74 Å². The van der Waals surface area contributed by atoms with Gasteiger partial charge in [0.05, 0.1) is 18.7 Å². The molecule has 0 aliphatic rings. The van der Waals surface area contributed by atoms with Gasteiger partial charge in [-0.1, -0.05) is 11.6 Å². The summed E-state index contributed by atoms with van der Waals surface area (Å²) in [7, 11) is 1.48. The lowest BCUT2D eigenvalue weighted by Crippen LogP contribution is -1.91. The highest BCUT2D eigenvalue weighted by molar-refractivity contribution is 6.30. The summed E-state index contributed by atoms with van der Waals surface area (Å²) < 4.78 is 19.0. The first-order chi connectivity index (χ1) is 8.65. The third-order valence-corrected chi connectivity index (χ3v) is 2.79. The largest absolute Gasteiger partial charge is 0.496 e. The normalized spacial score (nSPS) is 9.89. The second-order valence-electron chi connectivity index (χ2n) is 3.65. The van der Waals surface area contributed by atoms with E-state index in [0.717, 1.165) is 0 Å². The fraction of sp³-hybridized carbons (Fsp3) is 0.0714. The van der Waals surface area contributed by atoms with E-state index in [2.05, 4.69) is 0 Å². The fourth-order valence-corrected chi connectivity index (χ4v) is 1.85. The van der Waals surface area contributed by atoms with Crippen LogP contribution in [0.2, 0.25) is 5.02 Å². The van der Waals surface area contributed by atoms with Crippen molar-refractivity contribution in [3.8, 4) is 22.9 Å². The van der Waals surface area contributed by atoms with Crippen LogP contribution in [0.3, 0.4) is 0 Å². The molecule has 4 heteroatoms. The van der Waals surface area contributed by atoms with Gasteiger partial charge in [-0.2, -0.15) is 5.26 Å². The quantitative estimate of drug-likeness (QED) is 0.818. The van der Waals surface area contributed by atoms with Crippen LogP contribution >= 0.6 is 11.6 Å². The molecule has 2 rings (SSSR count). The molecule has 0 atom stereocenters. The van der Waals surface area contributed by atoms with Crippen LogP contribution in [0.15, 0.2) is 36.4 Å². The number of methoxy groups -OCH3 is 1. The van der Waals surface area contributed by atoms with E-state index in [4.69, 9.17) is 21.6 Å². The molecule has 0 unspecified atom stereocenters. The van der Waals surface area contributed by atoms with Crippen LogP contribution in [0.1, 0.15) is 5.56 Å². The Morgan fingerprint density at radius 1 is 1.17 bits per heavy atom. The lowest BCUT2D eigenvalue weighted by atomic mass is 10.0. The van der Waals surface area contributed by atoms with Gasteiger partial charge in [0.2, 0.25) is 0 Å². The minimum Gasteiger partial charge on any atom is -0.496 e. The molecule has 0 amide bonds. The fourth-order valence-electron chi connectivity index (χ4n) is 1.69. The Bertz CT molecular complexity index is 634. The molecule has 90 valence electrons. The van der Waals surface area contributed by atoms with Crippen molar-refractivity contribution in [3.05, 3.63) is 52.8 Å².